The van der Waals surface area contributed by atoms with E-state index in [0.717, 1.165) is 17.8 Å². The second-order valence-corrected chi connectivity index (χ2v) is 4.41. The molecule has 0 aliphatic carbocycles. The molecule has 0 saturated carbocycles. The van der Waals surface area contributed by atoms with Crippen LogP contribution in [0.3, 0.4) is 0 Å². The summed E-state index contributed by atoms with van der Waals surface area (Å²) >= 11 is 0. The van der Waals surface area contributed by atoms with Gasteiger partial charge in [0.05, 0.1) is 0 Å². The van der Waals surface area contributed by atoms with E-state index in [1.165, 1.54) is 12.3 Å². The van der Waals surface area contributed by atoms with Gasteiger partial charge in [0.2, 0.25) is 0 Å². The van der Waals surface area contributed by atoms with Crippen LogP contribution >= 0.6 is 0 Å². The van der Waals surface area contributed by atoms with Crippen LogP contribution in [-0.2, 0) is 0 Å². The third-order valence-corrected chi connectivity index (χ3v) is 2.88. The quantitative estimate of drug-likeness (QED) is 0.716. The normalized spacial score (nSPS) is 10.6. The fraction of sp³-hybridized carbons (Fsp3) is 0. The summed E-state index contributed by atoms with van der Waals surface area (Å²) in [6.07, 6.45) is 1.37. The Morgan fingerprint density at radius 2 is 1.76 bits per heavy atom. The van der Waals surface area contributed by atoms with E-state index in [1.807, 2.05) is 0 Å². The molecule has 0 bridgehead atoms. The highest BCUT2D eigenvalue weighted by Crippen LogP contribution is 2.24. The Balaban J connectivity index is 1.82. The van der Waals surface area contributed by atoms with E-state index >= 15 is 0 Å². The van der Waals surface area contributed by atoms with E-state index < -0.39 is 11.6 Å². The van der Waals surface area contributed by atoms with Crippen LogP contribution in [0.25, 0.3) is 11.3 Å². The SMILES string of the molecule is Nc1ccc(Nc2nc(-c3ccc(F)c(F)c3)co2)cc1. The van der Waals surface area contributed by atoms with E-state index in [9.17, 15) is 8.78 Å². The molecule has 0 saturated heterocycles. The predicted octanol–water partition coefficient (Wildman–Crippen LogP) is 3.95. The lowest BCUT2D eigenvalue weighted by atomic mass is 10.1. The average Bonchev–Trinajstić information content (AvgIpc) is 2.93. The van der Waals surface area contributed by atoms with Gasteiger partial charge in [-0.2, -0.15) is 4.98 Å². The van der Waals surface area contributed by atoms with Crippen molar-refractivity contribution in [2.24, 2.45) is 0 Å². The zero-order valence-corrected chi connectivity index (χ0v) is 10.8. The summed E-state index contributed by atoms with van der Waals surface area (Å²) in [6, 6.07) is 10.8. The lowest BCUT2D eigenvalue weighted by Gasteiger charge is -2.01. The van der Waals surface area contributed by atoms with Crippen LogP contribution in [-0.4, -0.2) is 4.98 Å². The van der Waals surface area contributed by atoms with E-state index in [-0.39, 0.29) is 6.01 Å². The minimum absolute atomic E-state index is 0.250. The number of aromatic nitrogens is 1. The summed E-state index contributed by atoms with van der Waals surface area (Å²) in [5, 5.41) is 2.95. The summed E-state index contributed by atoms with van der Waals surface area (Å²) in [6.45, 7) is 0. The molecule has 106 valence electrons. The van der Waals surface area contributed by atoms with Gasteiger partial charge in [-0.25, -0.2) is 8.78 Å². The second-order valence-electron chi connectivity index (χ2n) is 4.41. The molecule has 6 heteroatoms. The number of nitrogens with one attached hydrogen (secondary N) is 1. The van der Waals surface area contributed by atoms with Crippen LogP contribution in [0.5, 0.6) is 0 Å². The van der Waals surface area contributed by atoms with Crippen molar-refractivity contribution in [3.05, 3.63) is 60.4 Å². The third-order valence-electron chi connectivity index (χ3n) is 2.88. The first-order chi connectivity index (χ1) is 10.1. The molecule has 3 N–H and O–H groups in total. The highest BCUT2D eigenvalue weighted by atomic mass is 19.2. The van der Waals surface area contributed by atoms with Crippen molar-refractivity contribution in [2.45, 2.75) is 0 Å². The van der Waals surface area contributed by atoms with Gasteiger partial charge in [0.15, 0.2) is 11.6 Å². The molecular weight excluding hydrogens is 276 g/mol. The van der Waals surface area contributed by atoms with Crippen molar-refractivity contribution >= 4 is 17.4 Å². The molecule has 0 radical (unpaired) electrons. The Bertz CT molecular complexity index is 769. The second kappa shape index (κ2) is 5.24. The number of anilines is 3. The van der Waals surface area contributed by atoms with Crippen LogP contribution in [0.4, 0.5) is 26.2 Å². The van der Waals surface area contributed by atoms with E-state index in [4.69, 9.17) is 10.2 Å². The number of benzene rings is 2. The van der Waals surface area contributed by atoms with Gasteiger partial charge < -0.3 is 15.5 Å². The Hall–Kier alpha value is -2.89. The van der Waals surface area contributed by atoms with Gasteiger partial charge in [-0.1, -0.05) is 0 Å². The van der Waals surface area contributed by atoms with Crippen LogP contribution in [0.2, 0.25) is 0 Å². The standard InChI is InChI=1S/C15H11F2N3O/c16-12-6-1-9(7-13(12)17)14-8-21-15(20-14)19-11-4-2-10(18)3-5-11/h1-8H,18H2,(H,19,20). The zero-order chi connectivity index (χ0) is 14.8. The molecule has 4 nitrogen and oxygen atoms in total. The van der Waals surface area contributed by atoms with Gasteiger partial charge in [0, 0.05) is 16.9 Å². The molecule has 1 heterocycles. The maximum absolute atomic E-state index is 13.2. The highest BCUT2D eigenvalue weighted by Gasteiger charge is 2.09. The number of nitrogen functional groups attached to an aromatic ring is 1. The van der Waals surface area contributed by atoms with Crippen molar-refractivity contribution < 1.29 is 13.2 Å². The fourth-order valence-electron chi connectivity index (χ4n) is 1.81. The van der Waals surface area contributed by atoms with Crippen molar-refractivity contribution in [3.63, 3.8) is 0 Å². The van der Waals surface area contributed by atoms with Gasteiger partial charge in [0.25, 0.3) is 6.01 Å². The number of nitrogens with zero attached hydrogens (tertiary/aromatic N) is 1. The number of oxazole rings is 1. The smallest absolute Gasteiger partial charge is 0.299 e. The molecule has 0 atom stereocenters. The summed E-state index contributed by atoms with van der Waals surface area (Å²) < 4.78 is 31.3. The van der Waals surface area contributed by atoms with Crippen LogP contribution in [0, 0.1) is 11.6 Å². The minimum Gasteiger partial charge on any atom is -0.431 e. The largest absolute Gasteiger partial charge is 0.431 e. The molecule has 0 spiro atoms. The van der Waals surface area contributed by atoms with Gasteiger partial charge in [-0.3, -0.25) is 0 Å². The molecular formula is C15H11F2N3O. The summed E-state index contributed by atoms with van der Waals surface area (Å²) in [4.78, 5) is 4.17. The first-order valence-corrected chi connectivity index (χ1v) is 6.15. The molecule has 3 aromatic rings. The van der Waals surface area contributed by atoms with Crippen molar-refractivity contribution in [2.75, 3.05) is 11.1 Å². The van der Waals surface area contributed by atoms with Crippen molar-refractivity contribution in [1.29, 1.82) is 0 Å². The number of hydrogen-bond acceptors (Lipinski definition) is 4. The molecule has 1 aromatic heterocycles. The minimum atomic E-state index is -0.927. The fourth-order valence-corrected chi connectivity index (χ4v) is 1.81. The van der Waals surface area contributed by atoms with E-state index in [1.54, 1.807) is 24.3 Å². The van der Waals surface area contributed by atoms with Crippen LogP contribution in [0.15, 0.2) is 53.1 Å². The maximum Gasteiger partial charge on any atom is 0.299 e. The number of nitrogens with two attached hydrogens (primary N) is 1. The van der Waals surface area contributed by atoms with Crippen LogP contribution in [0.1, 0.15) is 0 Å². The topological polar surface area (TPSA) is 64.1 Å². The van der Waals surface area contributed by atoms with E-state index in [0.29, 0.717) is 16.9 Å². The number of rotatable bonds is 3. The average molecular weight is 287 g/mol. The van der Waals surface area contributed by atoms with Gasteiger partial charge in [-0.15, -0.1) is 0 Å². The lowest BCUT2D eigenvalue weighted by Crippen LogP contribution is -1.91. The van der Waals surface area contributed by atoms with Crippen LogP contribution < -0.4 is 11.1 Å². The molecule has 2 aromatic carbocycles. The highest BCUT2D eigenvalue weighted by molar-refractivity contribution is 5.62. The van der Waals surface area contributed by atoms with Crippen molar-refractivity contribution in [3.8, 4) is 11.3 Å². The number of halogens is 2. The van der Waals surface area contributed by atoms with Gasteiger partial charge in [0.1, 0.15) is 12.0 Å². The molecule has 3 rings (SSSR count). The maximum atomic E-state index is 13.2. The Kier molecular flexibility index (Phi) is 3.27. The lowest BCUT2D eigenvalue weighted by molar-refractivity contribution is 0.509. The van der Waals surface area contributed by atoms with Gasteiger partial charge >= 0.3 is 0 Å². The summed E-state index contributed by atoms with van der Waals surface area (Å²) in [5.41, 5.74) is 7.84. The molecule has 21 heavy (non-hydrogen) atoms. The monoisotopic (exact) mass is 287 g/mol. The Morgan fingerprint density at radius 1 is 1.00 bits per heavy atom. The van der Waals surface area contributed by atoms with E-state index in [2.05, 4.69) is 10.3 Å². The Morgan fingerprint density at radius 3 is 2.48 bits per heavy atom. The molecule has 0 amide bonds. The predicted molar refractivity (Wildman–Crippen MR) is 76.0 cm³/mol. The number of hydrogen-bond donors (Lipinski definition) is 2. The molecule has 0 aliphatic rings. The first kappa shape index (κ1) is 13.1. The summed E-state index contributed by atoms with van der Waals surface area (Å²) in [7, 11) is 0. The Labute approximate surface area is 119 Å². The summed E-state index contributed by atoms with van der Waals surface area (Å²) in [5.74, 6) is -1.83. The molecule has 0 aliphatic heterocycles. The van der Waals surface area contributed by atoms with Crippen molar-refractivity contribution in [1.82, 2.24) is 4.98 Å². The molecule has 0 unspecified atom stereocenters. The first-order valence-electron chi connectivity index (χ1n) is 6.15. The zero-order valence-electron chi connectivity index (χ0n) is 10.8. The van der Waals surface area contributed by atoms with Gasteiger partial charge in [-0.05, 0) is 42.5 Å². The third kappa shape index (κ3) is 2.84. The molecule has 0 fully saturated rings.